The molecule has 1 amide bonds. The molecular weight excluding hydrogens is 286 g/mol. The van der Waals surface area contributed by atoms with E-state index in [0.29, 0.717) is 19.6 Å². The number of carbonyl (C=O) groups excluding carboxylic acids is 2. The van der Waals surface area contributed by atoms with Crippen molar-refractivity contribution in [2.45, 2.75) is 38.5 Å². The monoisotopic (exact) mass is 307 g/mol. The van der Waals surface area contributed by atoms with E-state index >= 15 is 0 Å². The molecule has 2 atom stereocenters. The molecule has 6 nitrogen and oxygen atoms in total. The minimum absolute atomic E-state index is 0.331. The Labute approximate surface area is 129 Å². The highest BCUT2D eigenvalue weighted by Crippen LogP contribution is 2.14. The highest BCUT2D eigenvalue weighted by Gasteiger charge is 2.28. The van der Waals surface area contributed by atoms with Gasteiger partial charge in [0, 0.05) is 13.2 Å². The van der Waals surface area contributed by atoms with Gasteiger partial charge in [0.1, 0.15) is 5.75 Å². The second-order valence-electron chi connectivity index (χ2n) is 5.15. The molecule has 1 fully saturated rings. The highest BCUT2D eigenvalue weighted by atomic mass is 16.6. The highest BCUT2D eigenvalue weighted by molar-refractivity contribution is 5.84. The van der Waals surface area contributed by atoms with Gasteiger partial charge in [-0.15, -0.1) is 0 Å². The lowest BCUT2D eigenvalue weighted by Crippen LogP contribution is -2.37. The molecule has 1 N–H and O–H groups in total. The topological polar surface area (TPSA) is 73.9 Å². The molecule has 2 rings (SSSR count). The van der Waals surface area contributed by atoms with Gasteiger partial charge >= 0.3 is 5.97 Å². The summed E-state index contributed by atoms with van der Waals surface area (Å²) < 4.78 is 15.4. The van der Waals surface area contributed by atoms with Crippen LogP contribution in [0.5, 0.6) is 5.75 Å². The number of ether oxygens (including phenoxy) is 3. The van der Waals surface area contributed by atoms with Crippen molar-refractivity contribution in [3.05, 3.63) is 29.8 Å². The first-order chi connectivity index (χ1) is 10.6. The molecule has 1 aliphatic heterocycles. The third-order valence-corrected chi connectivity index (χ3v) is 3.48. The second kappa shape index (κ2) is 7.79. The van der Waals surface area contributed by atoms with E-state index in [1.54, 1.807) is 14.0 Å². The largest absolute Gasteiger partial charge is 0.497 e. The summed E-state index contributed by atoms with van der Waals surface area (Å²) in [6.45, 7) is 2.48. The summed E-state index contributed by atoms with van der Waals surface area (Å²) in [5, 5.41) is 2.73. The molecule has 6 heteroatoms. The Balaban J connectivity index is 1.76. The minimum Gasteiger partial charge on any atom is -0.497 e. The lowest BCUT2D eigenvalue weighted by Gasteiger charge is -2.16. The van der Waals surface area contributed by atoms with Gasteiger partial charge in [0.25, 0.3) is 5.91 Å². The van der Waals surface area contributed by atoms with Crippen LogP contribution < -0.4 is 10.1 Å². The van der Waals surface area contributed by atoms with E-state index < -0.39 is 18.2 Å². The predicted octanol–water partition coefficient (Wildman–Crippen LogP) is 1.42. The number of hydrogen-bond donors (Lipinski definition) is 1. The summed E-state index contributed by atoms with van der Waals surface area (Å²) in [5.74, 6) is -0.0410. The number of carbonyl (C=O) groups is 2. The number of rotatable bonds is 6. The van der Waals surface area contributed by atoms with Gasteiger partial charge < -0.3 is 19.5 Å². The van der Waals surface area contributed by atoms with Crippen molar-refractivity contribution < 1.29 is 23.8 Å². The van der Waals surface area contributed by atoms with E-state index in [9.17, 15) is 9.59 Å². The van der Waals surface area contributed by atoms with Crippen LogP contribution in [0.3, 0.4) is 0 Å². The van der Waals surface area contributed by atoms with Crippen molar-refractivity contribution in [1.82, 2.24) is 5.32 Å². The fourth-order valence-electron chi connectivity index (χ4n) is 2.14. The molecule has 0 unspecified atom stereocenters. The zero-order chi connectivity index (χ0) is 15.9. The number of esters is 1. The number of methoxy groups -OCH3 is 1. The standard InChI is InChI=1S/C16H21NO5/c1-11(22-16(19)14-4-3-9-21-14)15(18)17-10-12-5-7-13(20-2)8-6-12/h5-8,11,14H,3-4,9-10H2,1-2H3,(H,17,18)/t11-,14+/m1/s1. The fraction of sp³-hybridized carbons (Fsp3) is 0.500. The third kappa shape index (κ3) is 4.46. The molecular formula is C16H21NO5. The maximum atomic E-state index is 11.9. The molecule has 120 valence electrons. The molecule has 1 saturated heterocycles. The van der Waals surface area contributed by atoms with Crippen molar-refractivity contribution >= 4 is 11.9 Å². The van der Waals surface area contributed by atoms with Crippen molar-refractivity contribution in [3.8, 4) is 5.75 Å². The van der Waals surface area contributed by atoms with Gasteiger partial charge in [0.05, 0.1) is 7.11 Å². The van der Waals surface area contributed by atoms with Crippen LogP contribution in [0.4, 0.5) is 0 Å². The van der Waals surface area contributed by atoms with Crippen molar-refractivity contribution in [1.29, 1.82) is 0 Å². The van der Waals surface area contributed by atoms with Crippen LogP contribution >= 0.6 is 0 Å². The van der Waals surface area contributed by atoms with Crippen LogP contribution in [0.1, 0.15) is 25.3 Å². The van der Waals surface area contributed by atoms with Crippen LogP contribution in [-0.4, -0.2) is 37.8 Å². The van der Waals surface area contributed by atoms with E-state index in [2.05, 4.69) is 5.32 Å². The maximum Gasteiger partial charge on any atom is 0.336 e. The Morgan fingerprint density at radius 1 is 1.36 bits per heavy atom. The molecule has 0 aromatic heterocycles. The van der Waals surface area contributed by atoms with Crippen LogP contribution in [0.25, 0.3) is 0 Å². The van der Waals surface area contributed by atoms with Gasteiger partial charge in [0.15, 0.2) is 12.2 Å². The third-order valence-electron chi connectivity index (χ3n) is 3.48. The minimum atomic E-state index is -0.838. The molecule has 0 aliphatic carbocycles. The van der Waals surface area contributed by atoms with Crippen LogP contribution in [-0.2, 0) is 25.6 Å². The number of amides is 1. The maximum absolute atomic E-state index is 11.9. The molecule has 22 heavy (non-hydrogen) atoms. The lowest BCUT2D eigenvalue weighted by molar-refractivity contribution is -0.163. The lowest BCUT2D eigenvalue weighted by atomic mass is 10.2. The van der Waals surface area contributed by atoms with E-state index in [1.165, 1.54) is 0 Å². The van der Waals surface area contributed by atoms with Crippen molar-refractivity contribution in [2.75, 3.05) is 13.7 Å². The fourth-order valence-corrected chi connectivity index (χ4v) is 2.14. The molecule has 0 radical (unpaired) electrons. The summed E-state index contributed by atoms with van der Waals surface area (Å²) in [4.78, 5) is 23.7. The predicted molar refractivity (Wildman–Crippen MR) is 79.4 cm³/mol. The number of benzene rings is 1. The number of nitrogens with one attached hydrogen (secondary N) is 1. The molecule has 0 bridgehead atoms. The SMILES string of the molecule is COc1ccc(CNC(=O)[C@@H](C)OC(=O)[C@@H]2CCCO2)cc1. The van der Waals surface area contributed by atoms with Crippen LogP contribution in [0.2, 0.25) is 0 Å². The van der Waals surface area contributed by atoms with E-state index in [0.717, 1.165) is 17.7 Å². The Kier molecular flexibility index (Phi) is 5.77. The molecule has 1 aromatic rings. The van der Waals surface area contributed by atoms with Crippen LogP contribution in [0.15, 0.2) is 24.3 Å². The molecule has 1 heterocycles. The molecule has 0 spiro atoms. The Hall–Kier alpha value is -2.08. The van der Waals surface area contributed by atoms with E-state index in [4.69, 9.17) is 14.2 Å². The van der Waals surface area contributed by atoms with Crippen molar-refractivity contribution in [3.63, 3.8) is 0 Å². The molecule has 1 aliphatic rings. The first-order valence-corrected chi connectivity index (χ1v) is 7.33. The quantitative estimate of drug-likeness (QED) is 0.805. The van der Waals surface area contributed by atoms with Crippen molar-refractivity contribution in [2.24, 2.45) is 0 Å². The van der Waals surface area contributed by atoms with Gasteiger partial charge in [-0.05, 0) is 37.5 Å². The zero-order valence-corrected chi connectivity index (χ0v) is 12.8. The Morgan fingerprint density at radius 2 is 2.09 bits per heavy atom. The van der Waals surface area contributed by atoms with Crippen LogP contribution in [0, 0.1) is 0 Å². The van der Waals surface area contributed by atoms with Gasteiger partial charge in [-0.2, -0.15) is 0 Å². The summed E-state index contributed by atoms with van der Waals surface area (Å²) >= 11 is 0. The summed E-state index contributed by atoms with van der Waals surface area (Å²) in [5.41, 5.74) is 0.937. The first-order valence-electron chi connectivity index (χ1n) is 7.33. The average Bonchev–Trinajstić information content (AvgIpc) is 3.07. The Bertz CT molecular complexity index is 508. The molecule has 0 saturated carbocycles. The average molecular weight is 307 g/mol. The smallest absolute Gasteiger partial charge is 0.336 e. The normalized spacial score (nSPS) is 18.5. The van der Waals surface area contributed by atoms with Gasteiger partial charge in [-0.25, -0.2) is 4.79 Å². The Morgan fingerprint density at radius 3 is 2.68 bits per heavy atom. The summed E-state index contributed by atoms with van der Waals surface area (Å²) in [7, 11) is 1.60. The van der Waals surface area contributed by atoms with Gasteiger partial charge in [-0.1, -0.05) is 12.1 Å². The number of hydrogen-bond acceptors (Lipinski definition) is 5. The van der Waals surface area contributed by atoms with Gasteiger partial charge in [0.2, 0.25) is 0 Å². The second-order valence-corrected chi connectivity index (χ2v) is 5.15. The van der Waals surface area contributed by atoms with E-state index in [-0.39, 0.29) is 5.91 Å². The molecule has 1 aromatic carbocycles. The first kappa shape index (κ1) is 16.3. The summed E-state index contributed by atoms with van der Waals surface area (Å²) in [6, 6.07) is 7.37. The summed E-state index contributed by atoms with van der Waals surface area (Å²) in [6.07, 6.45) is 0.128. The zero-order valence-electron chi connectivity index (χ0n) is 12.8. The van der Waals surface area contributed by atoms with E-state index in [1.807, 2.05) is 24.3 Å². The van der Waals surface area contributed by atoms with Gasteiger partial charge in [-0.3, -0.25) is 4.79 Å².